The van der Waals surface area contributed by atoms with Gasteiger partial charge in [-0.1, -0.05) is 11.6 Å². The number of anilines is 1. The van der Waals surface area contributed by atoms with Crippen LogP contribution in [0.5, 0.6) is 0 Å². The molecule has 0 spiro atoms. The fraction of sp³-hybridized carbons (Fsp3) is 0.438. The molecule has 0 radical (unpaired) electrons. The molecule has 0 amide bonds. The number of nitrogens with zero attached hydrogens (tertiary/aromatic N) is 2. The Morgan fingerprint density at radius 1 is 1.30 bits per heavy atom. The first-order valence-electron chi connectivity index (χ1n) is 6.95. The van der Waals surface area contributed by atoms with E-state index in [2.05, 4.69) is 37.3 Å². The molecule has 4 heteroatoms. The summed E-state index contributed by atoms with van der Waals surface area (Å²) in [6.07, 6.45) is 2.14. The maximum atomic E-state index is 6.08. The molecule has 20 heavy (non-hydrogen) atoms. The summed E-state index contributed by atoms with van der Waals surface area (Å²) in [6, 6.07) is 5.94. The van der Waals surface area contributed by atoms with Gasteiger partial charge < -0.3 is 10.2 Å². The van der Waals surface area contributed by atoms with Crippen molar-refractivity contribution in [3.8, 4) is 0 Å². The number of hydrogen-bond acceptors (Lipinski definition) is 3. The van der Waals surface area contributed by atoms with Crippen LogP contribution >= 0.6 is 11.6 Å². The van der Waals surface area contributed by atoms with Gasteiger partial charge in [-0.3, -0.25) is 4.98 Å². The molecular formula is C16H22ClN3. The van der Waals surface area contributed by atoms with Crippen molar-refractivity contribution < 1.29 is 0 Å². The van der Waals surface area contributed by atoms with E-state index in [0.29, 0.717) is 0 Å². The molecule has 0 saturated heterocycles. The SMILES string of the molecule is CNCCCc1c(C)nc2cc(Cl)ccc2c1N(C)C. The van der Waals surface area contributed by atoms with E-state index in [4.69, 9.17) is 16.6 Å². The molecule has 0 aliphatic heterocycles. The minimum Gasteiger partial charge on any atom is -0.377 e. The van der Waals surface area contributed by atoms with Crippen molar-refractivity contribution in [1.82, 2.24) is 10.3 Å². The maximum absolute atomic E-state index is 6.08. The second-order valence-electron chi connectivity index (χ2n) is 5.29. The van der Waals surface area contributed by atoms with Crippen molar-refractivity contribution >= 4 is 28.2 Å². The number of aryl methyl sites for hydroxylation is 1. The van der Waals surface area contributed by atoms with Gasteiger partial charge in [0.1, 0.15) is 0 Å². The largest absolute Gasteiger partial charge is 0.377 e. The van der Waals surface area contributed by atoms with Gasteiger partial charge in [-0.2, -0.15) is 0 Å². The van der Waals surface area contributed by atoms with Crippen molar-refractivity contribution in [2.45, 2.75) is 19.8 Å². The van der Waals surface area contributed by atoms with Crippen molar-refractivity contribution in [3.05, 3.63) is 34.5 Å². The highest BCUT2D eigenvalue weighted by Gasteiger charge is 2.14. The zero-order valence-electron chi connectivity index (χ0n) is 12.6. The van der Waals surface area contributed by atoms with Gasteiger partial charge in [-0.05, 0) is 57.1 Å². The van der Waals surface area contributed by atoms with E-state index in [0.717, 1.165) is 35.6 Å². The molecule has 1 heterocycles. The van der Waals surface area contributed by atoms with Crippen LogP contribution in [0.1, 0.15) is 17.7 Å². The highest BCUT2D eigenvalue weighted by Crippen LogP contribution is 2.32. The Labute approximate surface area is 126 Å². The number of rotatable bonds is 5. The molecule has 1 aromatic carbocycles. The summed E-state index contributed by atoms with van der Waals surface area (Å²) in [5.41, 5.74) is 4.66. The summed E-state index contributed by atoms with van der Waals surface area (Å²) in [6.45, 7) is 3.10. The van der Waals surface area contributed by atoms with Crippen LogP contribution in [0.3, 0.4) is 0 Å². The number of hydrogen-bond donors (Lipinski definition) is 1. The minimum atomic E-state index is 0.733. The topological polar surface area (TPSA) is 28.2 Å². The smallest absolute Gasteiger partial charge is 0.0741 e. The van der Waals surface area contributed by atoms with Crippen molar-refractivity contribution in [2.24, 2.45) is 0 Å². The van der Waals surface area contributed by atoms with Crippen LogP contribution in [-0.4, -0.2) is 32.7 Å². The molecule has 0 aliphatic carbocycles. The van der Waals surface area contributed by atoms with Gasteiger partial charge in [-0.25, -0.2) is 0 Å². The van der Waals surface area contributed by atoms with E-state index in [9.17, 15) is 0 Å². The van der Waals surface area contributed by atoms with E-state index in [1.54, 1.807) is 0 Å². The fourth-order valence-electron chi connectivity index (χ4n) is 2.63. The molecule has 0 unspecified atom stereocenters. The normalized spacial score (nSPS) is 11.1. The zero-order valence-corrected chi connectivity index (χ0v) is 13.4. The third-order valence-electron chi connectivity index (χ3n) is 3.53. The summed E-state index contributed by atoms with van der Waals surface area (Å²) < 4.78 is 0. The van der Waals surface area contributed by atoms with E-state index in [-0.39, 0.29) is 0 Å². The summed E-state index contributed by atoms with van der Waals surface area (Å²) in [5, 5.41) is 5.10. The molecule has 108 valence electrons. The summed E-state index contributed by atoms with van der Waals surface area (Å²) in [7, 11) is 6.16. The second kappa shape index (κ2) is 6.42. The first kappa shape index (κ1) is 15.1. The first-order valence-corrected chi connectivity index (χ1v) is 7.33. The van der Waals surface area contributed by atoms with Gasteiger partial charge >= 0.3 is 0 Å². The molecule has 2 rings (SSSR count). The van der Waals surface area contributed by atoms with Gasteiger partial charge in [0.2, 0.25) is 0 Å². The highest BCUT2D eigenvalue weighted by molar-refractivity contribution is 6.31. The van der Waals surface area contributed by atoms with Crippen LogP contribution < -0.4 is 10.2 Å². The van der Waals surface area contributed by atoms with Gasteiger partial charge in [-0.15, -0.1) is 0 Å². The lowest BCUT2D eigenvalue weighted by atomic mass is 10.0. The Balaban J connectivity index is 2.57. The second-order valence-corrected chi connectivity index (χ2v) is 5.72. The van der Waals surface area contributed by atoms with Gasteiger partial charge in [0, 0.05) is 30.2 Å². The monoisotopic (exact) mass is 291 g/mol. The van der Waals surface area contributed by atoms with Crippen LogP contribution in [0.25, 0.3) is 10.9 Å². The third kappa shape index (κ3) is 3.05. The van der Waals surface area contributed by atoms with Crippen molar-refractivity contribution in [2.75, 3.05) is 32.6 Å². The Bertz CT molecular complexity index is 608. The minimum absolute atomic E-state index is 0.733. The van der Waals surface area contributed by atoms with Crippen molar-refractivity contribution in [3.63, 3.8) is 0 Å². The van der Waals surface area contributed by atoms with Gasteiger partial charge in [0.15, 0.2) is 0 Å². The van der Waals surface area contributed by atoms with Gasteiger partial charge in [0.25, 0.3) is 0 Å². The van der Waals surface area contributed by atoms with Crippen molar-refractivity contribution in [1.29, 1.82) is 0 Å². The Morgan fingerprint density at radius 2 is 2.05 bits per heavy atom. The summed E-state index contributed by atoms with van der Waals surface area (Å²) >= 11 is 6.08. The molecule has 0 saturated carbocycles. The summed E-state index contributed by atoms with van der Waals surface area (Å²) in [5.74, 6) is 0. The molecular weight excluding hydrogens is 270 g/mol. The quantitative estimate of drug-likeness (QED) is 0.856. The van der Waals surface area contributed by atoms with Crippen LogP contribution in [0.4, 0.5) is 5.69 Å². The summed E-state index contributed by atoms with van der Waals surface area (Å²) in [4.78, 5) is 6.91. The maximum Gasteiger partial charge on any atom is 0.0741 e. The van der Waals surface area contributed by atoms with Crippen LogP contribution in [0.2, 0.25) is 5.02 Å². The lowest BCUT2D eigenvalue weighted by Crippen LogP contribution is -2.15. The average Bonchev–Trinajstić information content (AvgIpc) is 2.38. The number of benzene rings is 1. The molecule has 0 fully saturated rings. The molecule has 0 atom stereocenters. The highest BCUT2D eigenvalue weighted by atomic mass is 35.5. The number of halogens is 1. The average molecular weight is 292 g/mol. The molecule has 0 aliphatic rings. The predicted molar refractivity (Wildman–Crippen MR) is 88.1 cm³/mol. The number of pyridine rings is 1. The molecule has 2 aromatic rings. The molecule has 1 N–H and O–H groups in total. The molecule has 0 bridgehead atoms. The number of fused-ring (bicyclic) bond motifs is 1. The van der Waals surface area contributed by atoms with E-state index in [1.165, 1.54) is 16.6 Å². The zero-order chi connectivity index (χ0) is 14.7. The first-order chi connectivity index (χ1) is 9.54. The van der Waals surface area contributed by atoms with E-state index < -0.39 is 0 Å². The Hall–Kier alpha value is -1.32. The van der Waals surface area contributed by atoms with Crippen LogP contribution in [-0.2, 0) is 6.42 Å². The molecule has 3 nitrogen and oxygen atoms in total. The third-order valence-corrected chi connectivity index (χ3v) is 3.76. The Morgan fingerprint density at radius 3 is 2.70 bits per heavy atom. The molecule has 1 aromatic heterocycles. The van der Waals surface area contributed by atoms with E-state index in [1.807, 2.05) is 19.2 Å². The number of nitrogens with one attached hydrogen (secondary N) is 1. The van der Waals surface area contributed by atoms with Crippen LogP contribution in [0.15, 0.2) is 18.2 Å². The number of aromatic nitrogens is 1. The van der Waals surface area contributed by atoms with E-state index >= 15 is 0 Å². The standard InChI is InChI=1S/C16H22ClN3/c1-11-13(6-5-9-18-2)16(20(3)4)14-8-7-12(17)10-15(14)19-11/h7-8,10,18H,5-6,9H2,1-4H3. The fourth-order valence-corrected chi connectivity index (χ4v) is 2.80. The predicted octanol–water partition coefficient (Wildman–Crippen LogP) is 3.41. The lowest BCUT2D eigenvalue weighted by Gasteiger charge is -2.22. The lowest BCUT2D eigenvalue weighted by molar-refractivity contribution is 0.721. The van der Waals surface area contributed by atoms with Gasteiger partial charge in [0.05, 0.1) is 11.2 Å². The van der Waals surface area contributed by atoms with Crippen LogP contribution in [0, 0.1) is 6.92 Å². The Kier molecular flexibility index (Phi) is 4.84.